The van der Waals surface area contributed by atoms with Crippen LogP contribution in [-0.4, -0.2) is 13.1 Å². The fourth-order valence-electron chi connectivity index (χ4n) is 1.82. The standard InChI is InChI=1S/C16H28N2/c1-5-13(2)15-8-6-14(7-9-15)10-18-12-16(3,4)11-17/h6-9,13,18H,5,10-12,17H2,1-4H3. The van der Waals surface area contributed by atoms with Gasteiger partial charge < -0.3 is 11.1 Å². The van der Waals surface area contributed by atoms with Crippen molar-refractivity contribution in [2.75, 3.05) is 13.1 Å². The van der Waals surface area contributed by atoms with E-state index in [0.29, 0.717) is 12.5 Å². The van der Waals surface area contributed by atoms with E-state index in [1.54, 1.807) is 0 Å². The summed E-state index contributed by atoms with van der Waals surface area (Å²) in [5.41, 5.74) is 8.67. The van der Waals surface area contributed by atoms with Gasteiger partial charge in [-0.2, -0.15) is 0 Å². The molecule has 1 unspecified atom stereocenters. The van der Waals surface area contributed by atoms with Crippen molar-refractivity contribution in [1.29, 1.82) is 0 Å². The molecule has 0 aromatic heterocycles. The van der Waals surface area contributed by atoms with E-state index in [0.717, 1.165) is 13.1 Å². The Balaban J connectivity index is 2.45. The van der Waals surface area contributed by atoms with Gasteiger partial charge in [-0.1, -0.05) is 52.0 Å². The molecule has 0 amide bonds. The summed E-state index contributed by atoms with van der Waals surface area (Å²) < 4.78 is 0. The molecule has 0 bridgehead atoms. The molecule has 0 spiro atoms. The van der Waals surface area contributed by atoms with Gasteiger partial charge in [0.15, 0.2) is 0 Å². The van der Waals surface area contributed by atoms with Crippen molar-refractivity contribution in [1.82, 2.24) is 5.32 Å². The van der Waals surface area contributed by atoms with Crippen molar-refractivity contribution < 1.29 is 0 Å². The van der Waals surface area contributed by atoms with E-state index in [9.17, 15) is 0 Å². The molecule has 0 heterocycles. The summed E-state index contributed by atoms with van der Waals surface area (Å²) in [6.45, 7) is 11.5. The van der Waals surface area contributed by atoms with Crippen LogP contribution in [0.15, 0.2) is 24.3 Å². The molecule has 2 nitrogen and oxygen atoms in total. The molecular formula is C16H28N2. The van der Waals surface area contributed by atoms with Gasteiger partial charge in [0.1, 0.15) is 0 Å². The minimum absolute atomic E-state index is 0.177. The topological polar surface area (TPSA) is 38.0 Å². The first-order valence-electron chi connectivity index (χ1n) is 6.98. The summed E-state index contributed by atoms with van der Waals surface area (Å²) in [5, 5.41) is 3.48. The molecule has 0 radical (unpaired) electrons. The summed E-state index contributed by atoms with van der Waals surface area (Å²) >= 11 is 0. The predicted octanol–water partition coefficient (Wildman–Crippen LogP) is 3.27. The summed E-state index contributed by atoms with van der Waals surface area (Å²) in [7, 11) is 0. The smallest absolute Gasteiger partial charge is 0.0205 e. The van der Waals surface area contributed by atoms with Gasteiger partial charge in [-0.3, -0.25) is 0 Å². The second-order valence-corrected chi connectivity index (χ2v) is 6.02. The molecule has 3 N–H and O–H groups in total. The Labute approximate surface area is 112 Å². The third kappa shape index (κ3) is 4.79. The van der Waals surface area contributed by atoms with E-state index >= 15 is 0 Å². The number of hydrogen-bond donors (Lipinski definition) is 2. The number of hydrogen-bond acceptors (Lipinski definition) is 2. The number of rotatable bonds is 7. The first kappa shape index (κ1) is 15.2. The van der Waals surface area contributed by atoms with Gasteiger partial charge in [0.2, 0.25) is 0 Å². The Morgan fingerprint density at radius 1 is 1.22 bits per heavy atom. The predicted molar refractivity (Wildman–Crippen MR) is 79.7 cm³/mol. The third-order valence-corrected chi connectivity index (χ3v) is 3.65. The van der Waals surface area contributed by atoms with Gasteiger partial charge in [0.25, 0.3) is 0 Å². The van der Waals surface area contributed by atoms with Gasteiger partial charge in [-0.05, 0) is 35.4 Å². The number of nitrogens with two attached hydrogens (primary N) is 1. The average molecular weight is 248 g/mol. The van der Waals surface area contributed by atoms with Gasteiger partial charge in [0.05, 0.1) is 0 Å². The van der Waals surface area contributed by atoms with Crippen molar-refractivity contribution in [2.45, 2.75) is 46.6 Å². The molecule has 1 aromatic carbocycles. The van der Waals surface area contributed by atoms with E-state index in [-0.39, 0.29) is 5.41 Å². The summed E-state index contributed by atoms with van der Waals surface area (Å²) in [6, 6.07) is 8.95. The Hall–Kier alpha value is -0.860. The van der Waals surface area contributed by atoms with E-state index in [1.165, 1.54) is 17.5 Å². The van der Waals surface area contributed by atoms with Crippen molar-refractivity contribution in [3.8, 4) is 0 Å². The lowest BCUT2D eigenvalue weighted by molar-refractivity contribution is 0.351. The first-order chi connectivity index (χ1) is 8.48. The molecule has 0 aliphatic heterocycles. The summed E-state index contributed by atoms with van der Waals surface area (Å²) in [4.78, 5) is 0. The summed E-state index contributed by atoms with van der Waals surface area (Å²) in [6.07, 6.45) is 1.20. The normalized spacial score (nSPS) is 13.6. The Bertz CT molecular complexity index is 341. The molecule has 1 aromatic rings. The monoisotopic (exact) mass is 248 g/mol. The zero-order valence-electron chi connectivity index (χ0n) is 12.3. The maximum atomic E-state index is 5.71. The molecule has 0 aliphatic carbocycles. The molecule has 102 valence electrons. The van der Waals surface area contributed by atoms with Crippen LogP contribution in [-0.2, 0) is 6.54 Å². The van der Waals surface area contributed by atoms with Crippen molar-refractivity contribution in [2.24, 2.45) is 11.1 Å². The fraction of sp³-hybridized carbons (Fsp3) is 0.625. The average Bonchev–Trinajstić information content (AvgIpc) is 2.38. The van der Waals surface area contributed by atoms with Crippen LogP contribution in [0.1, 0.15) is 51.2 Å². The van der Waals surface area contributed by atoms with Gasteiger partial charge in [0, 0.05) is 13.1 Å². The highest BCUT2D eigenvalue weighted by Gasteiger charge is 2.14. The van der Waals surface area contributed by atoms with Crippen LogP contribution in [0.5, 0.6) is 0 Å². The van der Waals surface area contributed by atoms with E-state index in [2.05, 4.69) is 57.3 Å². The van der Waals surface area contributed by atoms with Gasteiger partial charge in [-0.25, -0.2) is 0 Å². The lowest BCUT2D eigenvalue weighted by Crippen LogP contribution is -2.35. The van der Waals surface area contributed by atoms with Gasteiger partial charge in [-0.15, -0.1) is 0 Å². The third-order valence-electron chi connectivity index (χ3n) is 3.65. The Morgan fingerprint density at radius 3 is 2.33 bits per heavy atom. The van der Waals surface area contributed by atoms with Crippen molar-refractivity contribution in [3.63, 3.8) is 0 Å². The lowest BCUT2D eigenvalue weighted by atomic mass is 9.94. The minimum Gasteiger partial charge on any atom is -0.330 e. The van der Waals surface area contributed by atoms with Crippen LogP contribution in [0.4, 0.5) is 0 Å². The number of benzene rings is 1. The first-order valence-corrected chi connectivity index (χ1v) is 6.98. The maximum absolute atomic E-state index is 5.71. The zero-order chi connectivity index (χ0) is 13.6. The summed E-state index contributed by atoms with van der Waals surface area (Å²) in [5.74, 6) is 0.656. The fourth-order valence-corrected chi connectivity index (χ4v) is 1.82. The highest BCUT2D eigenvalue weighted by atomic mass is 14.9. The Kier molecular flexibility index (Phi) is 5.83. The molecule has 1 rings (SSSR count). The molecule has 2 heteroatoms. The molecular weight excluding hydrogens is 220 g/mol. The molecule has 0 fully saturated rings. The molecule has 18 heavy (non-hydrogen) atoms. The highest BCUT2D eigenvalue weighted by molar-refractivity contribution is 5.24. The molecule has 0 aliphatic rings. The van der Waals surface area contributed by atoms with E-state index < -0.39 is 0 Å². The second kappa shape index (κ2) is 6.91. The Morgan fingerprint density at radius 2 is 1.83 bits per heavy atom. The largest absolute Gasteiger partial charge is 0.330 e. The lowest BCUT2D eigenvalue weighted by Gasteiger charge is -2.22. The SMILES string of the molecule is CCC(C)c1ccc(CNCC(C)(C)CN)cc1. The molecule has 0 saturated carbocycles. The quantitative estimate of drug-likeness (QED) is 0.777. The van der Waals surface area contributed by atoms with Crippen LogP contribution >= 0.6 is 0 Å². The van der Waals surface area contributed by atoms with Crippen LogP contribution < -0.4 is 11.1 Å². The second-order valence-electron chi connectivity index (χ2n) is 6.02. The van der Waals surface area contributed by atoms with Crippen molar-refractivity contribution in [3.05, 3.63) is 35.4 Å². The van der Waals surface area contributed by atoms with Gasteiger partial charge >= 0.3 is 0 Å². The van der Waals surface area contributed by atoms with E-state index in [1.807, 2.05) is 0 Å². The molecule has 0 saturated heterocycles. The van der Waals surface area contributed by atoms with Crippen LogP contribution in [0, 0.1) is 5.41 Å². The molecule has 1 atom stereocenters. The van der Waals surface area contributed by atoms with E-state index in [4.69, 9.17) is 5.73 Å². The number of nitrogens with one attached hydrogen (secondary N) is 1. The maximum Gasteiger partial charge on any atom is 0.0205 e. The minimum atomic E-state index is 0.177. The van der Waals surface area contributed by atoms with Crippen LogP contribution in [0.25, 0.3) is 0 Å². The van der Waals surface area contributed by atoms with Crippen molar-refractivity contribution >= 4 is 0 Å². The van der Waals surface area contributed by atoms with Crippen LogP contribution in [0.3, 0.4) is 0 Å². The zero-order valence-corrected chi connectivity index (χ0v) is 12.3. The highest BCUT2D eigenvalue weighted by Crippen LogP contribution is 2.18. The van der Waals surface area contributed by atoms with Crippen LogP contribution in [0.2, 0.25) is 0 Å².